The Bertz CT molecular complexity index is 1170. The number of hydrogen-bond donors (Lipinski definition) is 1. The monoisotopic (exact) mass is 419 g/mol. The molecule has 3 aromatic rings. The first kappa shape index (κ1) is 19.9. The number of aryl methyl sites for hydroxylation is 1. The van der Waals surface area contributed by atoms with Crippen LogP contribution >= 0.6 is 0 Å². The van der Waals surface area contributed by atoms with Crippen molar-refractivity contribution in [3.05, 3.63) is 70.3 Å². The third kappa shape index (κ3) is 3.98. The van der Waals surface area contributed by atoms with Gasteiger partial charge >= 0.3 is 0 Å². The van der Waals surface area contributed by atoms with Gasteiger partial charge in [0.05, 0.1) is 24.1 Å². The number of aromatic nitrogens is 2. The van der Waals surface area contributed by atoms with Gasteiger partial charge in [0.1, 0.15) is 26.2 Å². The van der Waals surface area contributed by atoms with E-state index in [-0.39, 0.29) is 18.0 Å². The van der Waals surface area contributed by atoms with E-state index in [2.05, 4.69) is 6.07 Å². The Hall–Kier alpha value is -3.03. The molecule has 2 aliphatic rings. The van der Waals surface area contributed by atoms with Crippen molar-refractivity contribution in [2.75, 3.05) is 37.7 Å². The zero-order valence-corrected chi connectivity index (χ0v) is 17.5. The fraction of sp³-hybridized carbons (Fsp3) is 0.375. The van der Waals surface area contributed by atoms with E-state index >= 15 is 0 Å². The van der Waals surface area contributed by atoms with Gasteiger partial charge in [0, 0.05) is 12.2 Å². The lowest BCUT2D eigenvalue weighted by Crippen LogP contribution is -3.13. The number of ether oxygens (including phenoxy) is 1. The molecule has 3 heterocycles. The first-order chi connectivity index (χ1) is 15.2. The van der Waals surface area contributed by atoms with Gasteiger partial charge in [-0.2, -0.15) is 0 Å². The summed E-state index contributed by atoms with van der Waals surface area (Å²) >= 11 is 0. The molecule has 0 unspecified atom stereocenters. The molecule has 0 spiro atoms. The molecule has 7 nitrogen and oxygen atoms in total. The maximum absolute atomic E-state index is 13.4. The second-order valence-corrected chi connectivity index (χ2v) is 8.25. The maximum Gasteiger partial charge on any atom is 0.262 e. The standard InChI is InChI=1S/C24H26N4O3/c29-23(27-11-5-7-18-6-1-4-10-21(18)27)17-28-22(16-26-12-14-31-15-13-26)25-20-9-3-2-8-19(20)24(28)30/h1-4,6,8-10H,5,7,11-17H2/p+1. The molecule has 5 rings (SSSR count). The summed E-state index contributed by atoms with van der Waals surface area (Å²) < 4.78 is 7.06. The molecule has 0 saturated carbocycles. The van der Waals surface area contributed by atoms with Gasteiger partial charge in [0.2, 0.25) is 5.91 Å². The van der Waals surface area contributed by atoms with Gasteiger partial charge in [0.25, 0.3) is 5.56 Å². The zero-order valence-electron chi connectivity index (χ0n) is 17.5. The Morgan fingerprint density at radius 2 is 1.84 bits per heavy atom. The summed E-state index contributed by atoms with van der Waals surface area (Å²) in [7, 11) is 0. The van der Waals surface area contributed by atoms with Crippen LogP contribution in [0.4, 0.5) is 5.69 Å². The highest BCUT2D eigenvalue weighted by molar-refractivity contribution is 5.94. The highest BCUT2D eigenvalue weighted by atomic mass is 16.5. The van der Waals surface area contributed by atoms with Crippen LogP contribution in [-0.4, -0.2) is 48.3 Å². The molecule has 160 valence electrons. The number of anilines is 1. The average molecular weight is 420 g/mol. The summed E-state index contributed by atoms with van der Waals surface area (Å²) in [6.07, 6.45) is 1.90. The van der Waals surface area contributed by atoms with E-state index < -0.39 is 0 Å². The van der Waals surface area contributed by atoms with Crippen molar-refractivity contribution in [3.8, 4) is 0 Å². The fourth-order valence-electron chi connectivity index (χ4n) is 4.59. The van der Waals surface area contributed by atoms with Crippen LogP contribution in [0.3, 0.4) is 0 Å². The maximum atomic E-state index is 13.4. The van der Waals surface area contributed by atoms with Gasteiger partial charge < -0.3 is 14.5 Å². The van der Waals surface area contributed by atoms with Crippen molar-refractivity contribution in [2.24, 2.45) is 0 Å². The van der Waals surface area contributed by atoms with E-state index in [0.717, 1.165) is 31.6 Å². The molecule has 31 heavy (non-hydrogen) atoms. The number of para-hydroxylation sites is 2. The number of amides is 1. The van der Waals surface area contributed by atoms with Crippen molar-refractivity contribution in [3.63, 3.8) is 0 Å². The third-order valence-electron chi connectivity index (χ3n) is 6.25. The lowest BCUT2D eigenvalue weighted by molar-refractivity contribution is -0.922. The minimum atomic E-state index is -0.146. The normalized spacial score (nSPS) is 17.0. The molecule has 1 saturated heterocycles. The fourth-order valence-corrected chi connectivity index (χ4v) is 4.59. The minimum Gasteiger partial charge on any atom is -0.370 e. The second kappa shape index (κ2) is 8.61. The molecular formula is C24H27N4O3+. The van der Waals surface area contributed by atoms with Crippen LogP contribution in [0.1, 0.15) is 17.8 Å². The summed E-state index contributed by atoms with van der Waals surface area (Å²) in [5.41, 5.74) is 2.68. The van der Waals surface area contributed by atoms with Crippen LogP contribution in [0.2, 0.25) is 0 Å². The van der Waals surface area contributed by atoms with Gasteiger partial charge in [0.15, 0.2) is 5.82 Å². The predicted molar refractivity (Wildman–Crippen MR) is 118 cm³/mol. The van der Waals surface area contributed by atoms with E-state index in [9.17, 15) is 9.59 Å². The van der Waals surface area contributed by atoms with Crippen molar-refractivity contribution < 1.29 is 14.4 Å². The van der Waals surface area contributed by atoms with Gasteiger partial charge in [-0.3, -0.25) is 14.2 Å². The Morgan fingerprint density at radius 1 is 1.06 bits per heavy atom. The van der Waals surface area contributed by atoms with Crippen LogP contribution < -0.4 is 15.4 Å². The van der Waals surface area contributed by atoms with Crippen LogP contribution in [0, 0.1) is 0 Å². The first-order valence-corrected chi connectivity index (χ1v) is 11.0. The molecule has 1 amide bonds. The summed E-state index contributed by atoms with van der Waals surface area (Å²) in [6, 6.07) is 15.4. The molecular weight excluding hydrogens is 392 g/mol. The second-order valence-electron chi connectivity index (χ2n) is 8.25. The predicted octanol–water partition coefficient (Wildman–Crippen LogP) is 0.791. The van der Waals surface area contributed by atoms with E-state index in [4.69, 9.17) is 9.72 Å². The SMILES string of the molecule is O=C(Cn1c(C[NH+]2CCOCC2)nc2ccccc2c1=O)N1CCCc2ccccc21. The van der Waals surface area contributed by atoms with Crippen molar-refractivity contribution in [1.82, 2.24) is 9.55 Å². The summed E-state index contributed by atoms with van der Waals surface area (Å²) in [5, 5.41) is 0.551. The van der Waals surface area contributed by atoms with Crippen molar-refractivity contribution >= 4 is 22.5 Å². The Labute approximate surface area is 180 Å². The topological polar surface area (TPSA) is 68.9 Å². The largest absolute Gasteiger partial charge is 0.370 e. The molecule has 0 aliphatic carbocycles. The molecule has 1 aromatic heterocycles. The molecule has 0 radical (unpaired) electrons. The number of nitrogens with zero attached hydrogens (tertiary/aromatic N) is 3. The highest BCUT2D eigenvalue weighted by Crippen LogP contribution is 2.26. The van der Waals surface area contributed by atoms with Crippen LogP contribution in [0.5, 0.6) is 0 Å². The number of fused-ring (bicyclic) bond motifs is 2. The van der Waals surface area contributed by atoms with Gasteiger partial charge in [-0.05, 0) is 36.6 Å². The molecule has 2 aliphatic heterocycles. The van der Waals surface area contributed by atoms with Crippen LogP contribution in [0.15, 0.2) is 53.3 Å². The van der Waals surface area contributed by atoms with Crippen molar-refractivity contribution in [1.29, 1.82) is 0 Å². The minimum absolute atomic E-state index is 0.00408. The molecule has 0 bridgehead atoms. The molecule has 1 N–H and O–H groups in total. The lowest BCUT2D eigenvalue weighted by Gasteiger charge is -2.30. The third-order valence-corrected chi connectivity index (χ3v) is 6.25. The first-order valence-electron chi connectivity index (χ1n) is 11.0. The quantitative estimate of drug-likeness (QED) is 0.679. The van der Waals surface area contributed by atoms with Gasteiger partial charge in [-0.1, -0.05) is 30.3 Å². The van der Waals surface area contributed by atoms with Crippen LogP contribution in [-0.2, 0) is 29.0 Å². The summed E-state index contributed by atoms with van der Waals surface area (Å²) in [4.78, 5) is 34.7. The number of hydrogen-bond acceptors (Lipinski definition) is 4. The number of rotatable bonds is 4. The molecule has 1 fully saturated rings. The molecule has 7 heteroatoms. The molecule has 0 atom stereocenters. The Balaban J connectivity index is 1.51. The summed E-state index contributed by atoms with van der Waals surface area (Å²) in [6.45, 7) is 4.44. The highest BCUT2D eigenvalue weighted by Gasteiger charge is 2.25. The smallest absolute Gasteiger partial charge is 0.262 e. The number of carbonyl (C=O) groups is 1. The van der Waals surface area contributed by atoms with Crippen molar-refractivity contribution in [2.45, 2.75) is 25.9 Å². The van der Waals surface area contributed by atoms with Gasteiger partial charge in [-0.25, -0.2) is 4.98 Å². The number of morpholine rings is 1. The number of quaternary nitrogens is 1. The zero-order chi connectivity index (χ0) is 21.2. The average Bonchev–Trinajstić information content (AvgIpc) is 2.82. The van der Waals surface area contributed by atoms with Gasteiger partial charge in [-0.15, -0.1) is 0 Å². The lowest BCUT2D eigenvalue weighted by atomic mass is 10.0. The van der Waals surface area contributed by atoms with Crippen LogP contribution in [0.25, 0.3) is 10.9 Å². The number of nitrogens with one attached hydrogen (secondary N) is 1. The Kier molecular flexibility index (Phi) is 5.53. The molecule has 2 aromatic carbocycles. The number of carbonyl (C=O) groups excluding carboxylic acids is 1. The van der Waals surface area contributed by atoms with E-state index in [1.165, 1.54) is 10.5 Å². The van der Waals surface area contributed by atoms with E-state index in [1.54, 1.807) is 10.6 Å². The van der Waals surface area contributed by atoms with E-state index in [0.29, 0.717) is 43.0 Å². The number of benzene rings is 2. The Morgan fingerprint density at radius 3 is 2.71 bits per heavy atom. The summed E-state index contributed by atoms with van der Waals surface area (Å²) in [5.74, 6) is 0.601. The van der Waals surface area contributed by atoms with E-state index in [1.807, 2.05) is 41.3 Å².